The van der Waals surface area contributed by atoms with Gasteiger partial charge in [-0.05, 0) is 49.5 Å². The molecule has 0 fully saturated rings. The molecule has 0 spiro atoms. The fraction of sp³-hybridized carbons (Fsp3) is 0.353. The van der Waals surface area contributed by atoms with Crippen molar-refractivity contribution < 1.29 is 19.1 Å². The summed E-state index contributed by atoms with van der Waals surface area (Å²) in [4.78, 5) is 45.3. The van der Waals surface area contributed by atoms with E-state index >= 15 is 0 Å². The summed E-state index contributed by atoms with van der Waals surface area (Å²) in [5, 5.41) is 0.914. The molecule has 1 aliphatic rings. The van der Waals surface area contributed by atoms with Crippen molar-refractivity contribution in [2.75, 3.05) is 13.2 Å². The lowest BCUT2D eigenvalue weighted by atomic mass is 9.92. The second-order valence-electron chi connectivity index (χ2n) is 10.8. The van der Waals surface area contributed by atoms with Crippen LogP contribution >= 0.6 is 11.3 Å². The Morgan fingerprint density at radius 3 is 2.42 bits per heavy atom. The van der Waals surface area contributed by atoms with Gasteiger partial charge in [-0.15, -0.1) is 0 Å². The number of allylic oxidation sites excluding steroid dienone is 1. The number of carbonyl (C=O) groups excluding carboxylic acids is 2. The number of benzene rings is 2. The number of hydrogen-bond donors (Lipinski definition) is 0. The molecule has 4 aromatic rings. The fourth-order valence-corrected chi connectivity index (χ4v) is 6.52. The SMILES string of the molecule is CCCC1=C(C(=O)OCC)[C@H](c2ccc(C(C)C)cc2)n2c(s/c(=C\c3cn(CC(=O)OCC)c4ccccc34)c2=O)=N1. The smallest absolute Gasteiger partial charge is 0.338 e. The summed E-state index contributed by atoms with van der Waals surface area (Å²) in [7, 11) is 0. The summed E-state index contributed by atoms with van der Waals surface area (Å²) in [5.74, 6) is -0.436. The minimum atomic E-state index is -0.662. The van der Waals surface area contributed by atoms with E-state index in [4.69, 9.17) is 14.5 Å². The average molecular weight is 600 g/mol. The van der Waals surface area contributed by atoms with Gasteiger partial charge in [-0.25, -0.2) is 9.79 Å². The molecule has 0 aliphatic carbocycles. The van der Waals surface area contributed by atoms with Gasteiger partial charge in [-0.2, -0.15) is 0 Å². The van der Waals surface area contributed by atoms with Gasteiger partial charge in [-0.3, -0.25) is 14.2 Å². The van der Waals surface area contributed by atoms with E-state index in [-0.39, 0.29) is 24.7 Å². The Hall–Kier alpha value is -4.24. The van der Waals surface area contributed by atoms with Gasteiger partial charge in [0.1, 0.15) is 6.54 Å². The van der Waals surface area contributed by atoms with Crippen LogP contribution in [0.5, 0.6) is 0 Å². The molecule has 0 amide bonds. The Labute approximate surface area is 254 Å². The van der Waals surface area contributed by atoms with Crippen LogP contribution in [-0.4, -0.2) is 34.3 Å². The molecule has 5 rings (SSSR count). The lowest BCUT2D eigenvalue weighted by Crippen LogP contribution is -2.40. The number of carbonyl (C=O) groups is 2. The lowest BCUT2D eigenvalue weighted by molar-refractivity contribution is -0.143. The average Bonchev–Trinajstić information content (AvgIpc) is 3.49. The van der Waals surface area contributed by atoms with Crippen molar-refractivity contribution in [2.45, 2.75) is 66.0 Å². The van der Waals surface area contributed by atoms with E-state index < -0.39 is 12.0 Å². The molecular weight excluding hydrogens is 562 g/mol. The first kappa shape index (κ1) is 30.2. The molecule has 2 aromatic carbocycles. The summed E-state index contributed by atoms with van der Waals surface area (Å²) in [6.07, 6.45) is 5.09. The van der Waals surface area contributed by atoms with Crippen molar-refractivity contribution in [3.05, 3.63) is 102 Å². The molecular formula is C34H37N3O5S. The van der Waals surface area contributed by atoms with Gasteiger partial charge in [-0.1, -0.05) is 81.0 Å². The highest BCUT2D eigenvalue weighted by Crippen LogP contribution is 2.33. The number of aromatic nitrogens is 2. The third kappa shape index (κ3) is 5.99. The molecule has 43 heavy (non-hydrogen) atoms. The molecule has 224 valence electrons. The van der Waals surface area contributed by atoms with Crippen LogP contribution in [0.1, 0.15) is 76.1 Å². The largest absolute Gasteiger partial charge is 0.465 e. The zero-order chi connectivity index (χ0) is 30.7. The third-order valence-electron chi connectivity index (χ3n) is 7.52. The molecule has 0 bridgehead atoms. The van der Waals surface area contributed by atoms with Gasteiger partial charge in [0.2, 0.25) is 0 Å². The quantitative estimate of drug-likeness (QED) is 0.233. The van der Waals surface area contributed by atoms with Crippen molar-refractivity contribution in [3.63, 3.8) is 0 Å². The highest BCUT2D eigenvalue weighted by Gasteiger charge is 2.34. The first-order valence-corrected chi connectivity index (χ1v) is 15.6. The predicted molar refractivity (Wildman–Crippen MR) is 169 cm³/mol. The molecule has 0 saturated heterocycles. The molecule has 0 saturated carbocycles. The van der Waals surface area contributed by atoms with Gasteiger partial charge in [0.25, 0.3) is 5.56 Å². The standard InChI is InChI=1S/C34H37N3O5S/c1-6-11-26-30(33(40)42-8-3)31(23-16-14-22(15-17-23)21(4)5)37-32(39)28(43-34(37)35-26)18-24-19-36(20-29(38)41-7-2)27-13-10-9-12-25(24)27/h9-10,12-19,21,31H,6-8,11,20H2,1-5H3/b28-18-/t31-/m0/s1. The van der Waals surface area contributed by atoms with Gasteiger partial charge in [0, 0.05) is 22.7 Å². The third-order valence-corrected chi connectivity index (χ3v) is 8.50. The predicted octanol–water partition coefficient (Wildman–Crippen LogP) is 5.22. The Balaban J connectivity index is 1.71. The van der Waals surface area contributed by atoms with E-state index in [2.05, 4.69) is 26.0 Å². The van der Waals surface area contributed by atoms with E-state index in [1.54, 1.807) is 18.4 Å². The van der Waals surface area contributed by atoms with Crippen LogP contribution in [0.4, 0.5) is 0 Å². The maximum Gasteiger partial charge on any atom is 0.338 e. The first-order valence-electron chi connectivity index (χ1n) is 14.8. The van der Waals surface area contributed by atoms with Crippen LogP contribution in [0.15, 0.2) is 75.8 Å². The number of rotatable bonds is 10. The van der Waals surface area contributed by atoms with Crippen molar-refractivity contribution in [1.82, 2.24) is 9.13 Å². The van der Waals surface area contributed by atoms with E-state index in [0.29, 0.717) is 39.5 Å². The Morgan fingerprint density at radius 2 is 1.74 bits per heavy atom. The van der Waals surface area contributed by atoms with Crippen molar-refractivity contribution >= 4 is 40.3 Å². The van der Waals surface area contributed by atoms with Gasteiger partial charge >= 0.3 is 11.9 Å². The number of fused-ring (bicyclic) bond motifs is 2. The van der Waals surface area contributed by atoms with E-state index in [0.717, 1.165) is 28.5 Å². The first-order chi connectivity index (χ1) is 20.8. The Kier molecular flexibility index (Phi) is 9.11. The molecule has 8 nitrogen and oxygen atoms in total. The molecule has 0 unspecified atom stereocenters. The molecule has 2 aromatic heterocycles. The molecule has 0 N–H and O–H groups in total. The summed E-state index contributed by atoms with van der Waals surface area (Å²) in [6.45, 7) is 10.5. The number of esters is 2. The molecule has 9 heteroatoms. The van der Waals surface area contributed by atoms with E-state index in [1.807, 2.05) is 60.2 Å². The topological polar surface area (TPSA) is 91.9 Å². The summed E-state index contributed by atoms with van der Waals surface area (Å²) >= 11 is 1.30. The van der Waals surface area contributed by atoms with Crippen molar-refractivity contribution in [3.8, 4) is 0 Å². The number of para-hydroxylation sites is 1. The Bertz CT molecular complexity index is 1880. The lowest BCUT2D eigenvalue weighted by Gasteiger charge is -2.26. The second-order valence-corrected chi connectivity index (χ2v) is 11.8. The maximum atomic E-state index is 14.2. The van der Waals surface area contributed by atoms with Crippen LogP contribution in [0.2, 0.25) is 0 Å². The zero-order valence-corrected chi connectivity index (χ0v) is 26.1. The van der Waals surface area contributed by atoms with Gasteiger partial charge in [0.15, 0.2) is 4.80 Å². The molecule has 1 atom stereocenters. The minimum absolute atomic E-state index is 0.0685. The van der Waals surface area contributed by atoms with Crippen LogP contribution < -0.4 is 14.9 Å². The van der Waals surface area contributed by atoms with Crippen LogP contribution in [0.3, 0.4) is 0 Å². The molecule has 3 heterocycles. The van der Waals surface area contributed by atoms with Crippen molar-refractivity contribution in [1.29, 1.82) is 0 Å². The number of nitrogens with zero attached hydrogens (tertiary/aromatic N) is 3. The fourth-order valence-electron chi connectivity index (χ4n) is 5.51. The van der Waals surface area contributed by atoms with E-state index in [1.165, 1.54) is 16.9 Å². The number of ether oxygens (including phenoxy) is 2. The summed E-state index contributed by atoms with van der Waals surface area (Å²) < 4.78 is 14.6. The zero-order valence-electron chi connectivity index (χ0n) is 25.3. The van der Waals surface area contributed by atoms with Crippen LogP contribution in [-0.2, 0) is 25.6 Å². The van der Waals surface area contributed by atoms with E-state index in [9.17, 15) is 14.4 Å². The van der Waals surface area contributed by atoms with Gasteiger partial charge in [0.05, 0.1) is 35.1 Å². The van der Waals surface area contributed by atoms with Crippen molar-refractivity contribution in [2.24, 2.45) is 4.99 Å². The normalized spacial score (nSPS) is 15.1. The van der Waals surface area contributed by atoms with Crippen LogP contribution in [0, 0.1) is 0 Å². The highest BCUT2D eigenvalue weighted by molar-refractivity contribution is 7.07. The minimum Gasteiger partial charge on any atom is -0.465 e. The molecule has 1 aliphatic heterocycles. The summed E-state index contributed by atoms with van der Waals surface area (Å²) in [5.41, 5.74) is 4.50. The second kappa shape index (κ2) is 13.0. The van der Waals surface area contributed by atoms with Gasteiger partial charge < -0.3 is 14.0 Å². The monoisotopic (exact) mass is 599 g/mol. The maximum absolute atomic E-state index is 14.2. The number of hydrogen-bond acceptors (Lipinski definition) is 7. The van der Waals surface area contributed by atoms with Crippen LogP contribution in [0.25, 0.3) is 17.0 Å². The highest BCUT2D eigenvalue weighted by atomic mass is 32.1. The Morgan fingerprint density at radius 1 is 1.02 bits per heavy atom. The molecule has 0 radical (unpaired) electrons. The number of thiazole rings is 1. The summed E-state index contributed by atoms with van der Waals surface area (Å²) in [6, 6.07) is 15.2.